The van der Waals surface area contributed by atoms with Crippen molar-refractivity contribution in [1.82, 2.24) is 0 Å². The molecule has 2 aromatic rings. The van der Waals surface area contributed by atoms with Crippen molar-refractivity contribution in [2.45, 2.75) is 73.0 Å². The molecule has 0 amide bonds. The fourth-order valence-corrected chi connectivity index (χ4v) is 12.0. The molecule has 1 nitrogen and oxygen atoms in total. The molecule has 4 rings (SSSR count). The number of hydrogen-bond donors (Lipinski definition) is 0. The van der Waals surface area contributed by atoms with E-state index in [4.69, 9.17) is 4.43 Å². The average molecular weight is 365 g/mol. The normalized spacial score (nSPS) is 24.1. The zero-order chi connectivity index (χ0) is 18.6. The summed E-state index contributed by atoms with van der Waals surface area (Å²) in [6, 6.07) is 10.7. The summed E-state index contributed by atoms with van der Waals surface area (Å²) in [5.74, 6) is 0.766. The van der Waals surface area contributed by atoms with Crippen molar-refractivity contribution in [3.05, 3.63) is 57.6 Å². The first-order valence-electron chi connectivity index (χ1n) is 10.2. The molecule has 26 heavy (non-hydrogen) atoms. The average Bonchev–Trinajstić information content (AvgIpc) is 3.04. The van der Waals surface area contributed by atoms with Gasteiger partial charge >= 0.3 is 0 Å². The van der Waals surface area contributed by atoms with Crippen LogP contribution in [0.5, 0.6) is 0 Å². The van der Waals surface area contributed by atoms with Gasteiger partial charge in [-0.2, -0.15) is 0 Å². The Hall–Kier alpha value is -1.38. The van der Waals surface area contributed by atoms with Crippen molar-refractivity contribution in [1.29, 1.82) is 0 Å². The number of aryl methyl sites for hydroxylation is 6. The Morgan fingerprint density at radius 1 is 0.731 bits per heavy atom. The van der Waals surface area contributed by atoms with Crippen molar-refractivity contribution >= 4 is 18.7 Å². The van der Waals surface area contributed by atoms with Crippen LogP contribution in [-0.2, 0) is 4.43 Å². The Bertz CT molecular complexity index is 749. The smallest absolute Gasteiger partial charge is 0.257 e. The van der Waals surface area contributed by atoms with Gasteiger partial charge < -0.3 is 4.43 Å². The lowest BCUT2D eigenvalue weighted by Gasteiger charge is -2.34. The monoisotopic (exact) mass is 364 g/mol. The van der Waals surface area contributed by atoms with E-state index >= 15 is 0 Å². The van der Waals surface area contributed by atoms with E-state index in [1.807, 2.05) is 0 Å². The molecule has 138 valence electrons. The number of benzene rings is 2. The van der Waals surface area contributed by atoms with Gasteiger partial charge in [-0.3, -0.25) is 0 Å². The molecule has 0 bridgehead atoms. The lowest BCUT2D eigenvalue weighted by molar-refractivity contribution is 0.206. The molecule has 0 spiro atoms. The molecule has 2 heteroatoms. The van der Waals surface area contributed by atoms with E-state index in [0.717, 1.165) is 5.92 Å². The summed E-state index contributed by atoms with van der Waals surface area (Å²) in [6.45, 7) is 13.6. The van der Waals surface area contributed by atoms with Crippen LogP contribution >= 0.6 is 0 Å². The highest BCUT2D eigenvalue weighted by Gasteiger charge is 2.54. The standard InChI is InChI=1S/C24H32OSi/c1-15-10-17(3)23(18(4)11-15)26(14-21-8-7-9-22(21)25-26)24-19(5)12-16(2)13-20(24)6/h10-13,21-22H,7-9,14H2,1-6H3/t21-,22-/m1/s1. The van der Waals surface area contributed by atoms with Gasteiger partial charge in [-0.1, -0.05) is 41.8 Å². The second-order valence-corrected chi connectivity index (χ2v) is 12.2. The number of hydrogen-bond acceptors (Lipinski definition) is 1. The Labute approximate surface area is 159 Å². The summed E-state index contributed by atoms with van der Waals surface area (Å²) in [6.07, 6.45) is 4.44. The lowest BCUT2D eigenvalue weighted by atomic mass is 10.1. The first-order valence-corrected chi connectivity index (χ1v) is 12.3. The summed E-state index contributed by atoms with van der Waals surface area (Å²) in [5.41, 5.74) is 8.48. The zero-order valence-corrected chi connectivity index (χ0v) is 18.2. The molecule has 1 aliphatic carbocycles. The van der Waals surface area contributed by atoms with Gasteiger partial charge in [0, 0.05) is 6.10 Å². The predicted octanol–water partition coefficient (Wildman–Crippen LogP) is 4.80. The Kier molecular flexibility index (Phi) is 4.40. The topological polar surface area (TPSA) is 9.23 Å². The van der Waals surface area contributed by atoms with Crippen LogP contribution in [0.4, 0.5) is 0 Å². The summed E-state index contributed by atoms with van der Waals surface area (Å²) in [5, 5.41) is 3.13. The summed E-state index contributed by atoms with van der Waals surface area (Å²) in [4.78, 5) is 0. The van der Waals surface area contributed by atoms with Crippen molar-refractivity contribution in [2.24, 2.45) is 5.92 Å². The van der Waals surface area contributed by atoms with E-state index in [2.05, 4.69) is 65.8 Å². The number of fused-ring (bicyclic) bond motifs is 1. The first-order chi connectivity index (χ1) is 12.3. The molecule has 1 aliphatic heterocycles. The van der Waals surface area contributed by atoms with Crippen LogP contribution in [0, 0.1) is 47.5 Å². The highest BCUT2D eigenvalue weighted by atomic mass is 28.4. The highest BCUT2D eigenvalue weighted by molar-refractivity contribution is 6.99. The second kappa shape index (κ2) is 6.35. The maximum Gasteiger partial charge on any atom is 0.257 e. The zero-order valence-electron chi connectivity index (χ0n) is 17.2. The molecular formula is C24H32OSi. The fourth-order valence-electron chi connectivity index (χ4n) is 6.15. The maximum atomic E-state index is 7.19. The highest BCUT2D eigenvalue weighted by Crippen LogP contribution is 2.44. The molecule has 0 aromatic heterocycles. The first kappa shape index (κ1) is 18.0. The largest absolute Gasteiger partial charge is 0.405 e. The van der Waals surface area contributed by atoms with Gasteiger partial charge in [0.2, 0.25) is 0 Å². The Morgan fingerprint density at radius 2 is 1.19 bits per heavy atom. The second-order valence-electron chi connectivity index (χ2n) is 8.93. The third kappa shape index (κ3) is 2.70. The van der Waals surface area contributed by atoms with Gasteiger partial charge in [-0.25, -0.2) is 0 Å². The van der Waals surface area contributed by atoms with Crippen molar-refractivity contribution in [3.63, 3.8) is 0 Å². The summed E-state index contributed by atoms with van der Waals surface area (Å²) >= 11 is 0. The molecule has 0 radical (unpaired) electrons. The minimum Gasteiger partial charge on any atom is -0.405 e. The van der Waals surface area contributed by atoms with E-state index in [1.54, 1.807) is 10.4 Å². The van der Waals surface area contributed by atoms with E-state index in [0.29, 0.717) is 6.10 Å². The molecule has 2 aromatic carbocycles. The van der Waals surface area contributed by atoms with E-state index in [-0.39, 0.29) is 0 Å². The molecule has 2 fully saturated rings. The van der Waals surface area contributed by atoms with Gasteiger partial charge in [0.15, 0.2) is 0 Å². The van der Waals surface area contributed by atoms with E-state index in [1.165, 1.54) is 58.7 Å². The maximum absolute atomic E-state index is 7.19. The molecule has 0 unspecified atom stereocenters. The molecule has 1 saturated carbocycles. The van der Waals surface area contributed by atoms with Gasteiger partial charge in [-0.05, 0) is 99.0 Å². The molecule has 1 heterocycles. The third-order valence-electron chi connectivity index (χ3n) is 6.65. The van der Waals surface area contributed by atoms with E-state index < -0.39 is 8.32 Å². The van der Waals surface area contributed by atoms with Crippen LogP contribution in [0.25, 0.3) is 0 Å². The summed E-state index contributed by atoms with van der Waals surface area (Å²) in [7, 11) is -2.20. The predicted molar refractivity (Wildman–Crippen MR) is 113 cm³/mol. The van der Waals surface area contributed by atoms with Crippen molar-refractivity contribution in [2.75, 3.05) is 0 Å². The van der Waals surface area contributed by atoms with Crippen LogP contribution in [0.2, 0.25) is 6.04 Å². The SMILES string of the molecule is Cc1cc(C)c([Si]2(c3c(C)cc(C)cc3C)C[C@H]3CCC[C@H]3O2)c(C)c1. The van der Waals surface area contributed by atoms with Crippen LogP contribution in [0.3, 0.4) is 0 Å². The van der Waals surface area contributed by atoms with Crippen molar-refractivity contribution < 1.29 is 4.43 Å². The molecular weight excluding hydrogens is 332 g/mol. The van der Waals surface area contributed by atoms with Crippen LogP contribution in [0.15, 0.2) is 24.3 Å². The van der Waals surface area contributed by atoms with Crippen LogP contribution < -0.4 is 10.4 Å². The van der Waals surface area contributed by atoms with Gasteiger partial charge in [0.05, 0.1) is 0 Å². The fraction of sp³-hybridized carbons (Fsp3) is 0.500. The van der Waals surface area contributed by atoms with Gasteiger partial charge in [0.1, 0.15) is 0 Å². The lowest BCUT2D eigenvalue weighted by Crippen LogP contribution is -2.62. The quantitative estimate of drug-likeness (QED) is 0.696. The minimum atomic E-state index is -2.20. The third-order valence-corrected chi connectivity index (χ3v) is 11.7. The minimum absolute atomic E-state index is 0.488. The van der Waals surface area contributed by atoms with Gasteiger partial charge in [-0.15, -0.1) is 0 Å². The van der Waals surface area contributed by atoms with Crippen LogP contribution in [0.1, 0.15) is 52.6 Å². The number of rotatable bonds is 2. The summed E-state index contributed by atoms with van der Waals surface area (Å²) < 4.78 is 7.19. The van der Waals surface area contributed by atoms with Gasteiger partial charge in [0.25, 0.3) is 8.32 Å². The molecule has 1 saturated heterocycles. The Balaban J connectivity index is 1.99. The van der Waals surface area contributed by atoms with Crippen molar-refractivity contribution in [3.8, 4) is 0 Å². The van der Waals surface area contributed by atoms with E-state index in [9.17, 15) is 0 Å². The molecule has 2 aliphatic rings. The molecule has 0 N–H and O–H groups in total. The van der Waals surface area contributed by atoms with Crippen LogP contribution in [-0.4, -0.2) is 14.4 Å². The molecule has 2 atom stereocenters. The Morgan fingerprint density at radius 3 is 1.62 bits per heavy atom.